The lowest BCUT2D eigenvalue weighted by molar-refractivity contribution is -0.145. The number of benzene rings is 2. The highest BCUT2D eigenvalue weighted by Crippen LogP contribution is 2.17. The minimum absolute atomic E-state index is 0.0389. The summed E-state index contributed by atoms with van der Waals surface area (Å²) in [4.78, 5) is 37.5. The van der Waals surface area contributed by atoms with Crippen molar-refractivity contribution in [2.75, 3.05) is 19.7 Å². The summed E-state index contributed by atoms with van der Waals surface area (Å²) in [5.41, 5.74) is -0.152. The largest absolute Gasteiger partial charge is 0.456 e. The molecule has 2 aromatic rings. The second-order valence-electron chi connectivity index (χ2n) is 7.82. The summed E-state index contributed by atoms with van der Waals surface area (Å²) in [6, 6.07) is 9.74. The molecular formula is C24H29FN2O6S. The number of ketones is 1. The Hall–Kier alpha value is -3.11. The molecule has 0 aliphatic heterocycles. The molecule has 2 rings (SSSR count). The Kier molecular flexibility index (Phi) is 9.46. The van der Waals surface area contributed by atoms with Crippen LogP contribution in [0.4, 0.5) is 4.39 Å². The number of Topliss-reactive ketones (excluding diaryl/α,β-unsaturated/α-hetero) is 1. The van der Waals surface area contributed by atoms with E-state index in [9.17, 15) is 27.2 Å². The van der Waals surface area contributed by atoms with Crippen LogP contribution in [0.1, 0.15) is 48.4 Å². The first-order valence-electron chi connectivity index (χ1n) is 10.9. The van der Waals surface area contributed by atoms with Crippen LogP contribution in [-0.2, 0) is 19.6 Å². The third kappa shape index (κ3) is 6.48. The summed E-state index contributed by atoms with van der Waals surface area (Å²) in [6.07, 6.45) is 0. The Morgan fingerprint density at radius 1 is 1.03 bits per heavy atom. The molecule has 0 saturated carbocycles. The molecule has 0 aromatic heterocycles. The third-order valence-electron chi connectivity index (χ3n) is 5.17. The maximum atomic E-state index is 13.8. The fourth-order valence-electron chi connectivity index (χ4n) is 3.22. The molecule has 0 bridgehead atoms. The lowest BCUT2D eigenvalue weighted by Gasteiger charge is -2.21. The maximum absolute atomic E-state index is 13.8. The lowest BCUT2D eigenvalue weighted by atomic mass is 10.0. The molecule has 0 spiro atoms. The van der Waals surface area contributed by atoms with Crippen molar-refractivity contribution in [3.05, 3.63) is 65.5 Å². The molecule has 184 valence electrons. The topological polar surface area (TPSA) is 110 Å². The molecule has 2 aromatic carbocycles. The van der Waals surface area contributed by atoms with E-state index in [1.54, 1.807) is 27.7 Å². The maximum Gasteiger partial charge on any atom is 0.329 e. The minimum Gasteiger partial charge on any atom is -0.456 e. The molecule has 0 aliphatic carbocycles. The number of halogens is 1. The smallest absolute Gasteiger partial charge is 0.329 e. The summed E-state index contributed by atoms with van der Waals surface area (Å²) in [6.45, 7) is 6.65. The molecule has 0 heterocycles. The zero-order valence-corrected chi connectivity index (χ0v) is 20.4. The Morgan fingerprint density at radius 3 is 2.26 bits per heavy atom. The van der Waals surface area contributed by atoms with E-state index in [0.717, 1.165) is 6.07 Å². The standard InChI is InChI=1S/C24H29FN2O6S/c1-5-27(6-2)34(31,32)18-11-9-10-17(14-18)23(29)26-22(16(3)4)24(30)33-15-21(28)19-12-7-8-13-20(19)25/h7-14,16,22H,5-6,15H2,1-4H3,(H,26,29). The van der Waals surface area contributed by atoms with E-state index in [1.807, 2.05) is 0 Å². The van der Waals surface area contributed by atoms with Crippen LogP contribution in [0.3, 0.4) is 0 Å². The average Bonchev–Trinajstić information content (AvgIpc) is 2.81. The number of ether oxygens (including phenoxy) is 1. The van der Waals surface area contributed by atoms with Crippen molar-refractivity contribution in [3.8, 4) is 0 Å². The van der Waals surface area contributed by atoms with Gasteiger partial charge in [-0.1, -0.05) is 45.9 Å². The number of amides is 1. The zero-order valence-electron chi connectivity index (χ0n) is 19.6. The lowest BCUT2D eigenvalue weighted by Crippen LogP contribution is -2.45. The van der Waals surface area contributed by atoms with Gasteiger partial charge in [-0.15, -0.1) is 0 Å². The number of nitrogens with one attached hydrogen (secondary N) is 1. The molecule has 8 nitrogen and oxygen atoms in total. The molecule has 1 N–H and O–H groups in total. The highest BCUT2D eigenvalue weighted by molar-refractivity contribution is 7.89. The second-order valence-corrected chi connectivity index (χ2v) is 9.76. The van der Waals surface area contributed by atoms with E-state index < -0.39 is 52.1 Å². The predicted molar refractivity (Wildman–Crippen MR) is 124 cm³/mol. The number of rotatable bonds is 11. The van der Waals surface area contributed by atoms with E-state index in [-0.39, 0.29) is 29.1 Å². The van der Waals surface area contributed by atoms with Crippen LogP contribution in [0.25, 0.3) is 0 Å². The number of carbonyl (C=O) groups excluding carboxylic acids is 3. The second kappa shape index (κ2) is 11.8. The van der Waals surface area contributed by atoms with Gasteiger partial charge in [0.2, 0.25) is 15.8 Å². The zero-order chi connectivity index (χ0) is 25.5. The Morgan fingerprint density at radius 2 is 1.68 bits per heavy atom. The van der Waals surface area contributed by atoms with Gasteiger partial charge in [-0.2, -0.15) is 4.31 Å². The first kappa shape index (κ1) is 27.1. The average molecular weight is 493 g/mol. The highest BCUT2D eigenvalue weighted by Gasteiger charge is 2.28. The van der Waals surface area contributed by atoms with E-state index in [1.165, 1.54) is 46.8 Å². The van der Waals surface area contributed by atoms with Crippen LogP contribution in [-0.4, -0.2) is 56.1 Å². The van der Waals surface area contributed by atoms with Crippen molar-refractivity contribution in [1.82, 2.24) is 9.62 Å². The van der Waals surface area contributed by atoms with Crippen molar-refractivity contribution in [2.45, 2.75) is 38.6 Å². The summed E-state index contributed by atoms with van der Waals surface area (Å²) in [5, 5.41) is 2.54. The molecular weight excluding hydrogens is 463 g/mol. The quantitative estimate of drug-likeness (QED) is 0.381. The van der Waals surface area contributed by atoms with Crippen LogP contribution < -0.4 is 5.32 Å². The van der Waals surface area contributed by atoms with Gasteiger partial charge >= 0.3 is 5.97 Å². The van der Waals surface area contributed by atoms with Crippen LogP contribution in [0, 0.1) is 11.7 Å². The molecule has 0 fully saturated rings. The molecule has 34 heavy (non-hydrogen) atoms. The van der Waals surface area contributed by atoms with Crippen LogP contribution >= 0.6 is 0 Å². The van der Waals surface area contributed by atoms with Crippen molar-refractivity contribution >= 4 is 27.7 Å². The van der Waals surface area contributed by atoms with Crippen LogP contribution in [0.2, 0.25) is 0 Å². The first-order valence-corrected chi connectivity index (χ1v) is 12.3. The molecule has 10 heteroatoms. The van der Waals surface area contributed by atoms with Gasteiger partial charge < -0.3 is 10.1 Å². The summed E-state index contributed by atoms with van der Waals surface area (Å²) in [7, 11) is -3.77. The van der Waals surface area contributed by atoms with Gasteiger partial charge in [0.25, 0.3) is 5.91 Å². The first-order chi connectivity index (χ1) is 16.0. The molecule has 1 atom stereocenters. The molecule has 0 aliphatic rings. The van der Waals surface area contributed by atoms with E-state index >= 15 is 0 Å². The number of sulfonamides is 1. The number of carbonyl (C=O) groups is 3. The molecule has 1 unspecified atom stereocenters. The SMILES string of the molecule is CCN(CC)S(=O)(=O)c1cccc(C(=O)NC(C(=O)OCC(=O)c2ccccc2F)C(C)C)c1. The third-order valence-corrected chi connectivity index (χ3v) is 7.21. The Bertz CT molecular complexity index is 1150. The van der Waals surface area contributed by atoms with Gasteiger partial charge in [-0.3, -0.25) is 9.59 Å². The highest BCUT2D eigenvalue weighted by atomic mass is 32.2. The van der Waals surface area contributed by atoms with Crippen molar-refractivity contribution < 1.29 is 31.9 Å². The van der Waals surface area contributed by atoms with Gasteiger partial charge in [0, 0.05) is 18.7 Å². The van der Waals surface area contributed by atoms with Crippen molar-refractivity contribution in [3.63, 3.8) is 0 Å². The van der Waals surface area contributed by atoms with E-state index in [2.05, 4.69) is 5.32 Å². The fourth-order valence-corrected chi connectivity index (χ4v) is 4.73. The minimum atomic E-state index is -3.77. The number of esters is 1. The molecule has 0 saturated heterocycles. The van der Waals surface area contributed by atoms with E-state index in [4.69, 9.17) is 4.74 Å². The van der Waals surface area contributed by atoms with Crippen LogP contribution in [0.5, 0.6) is 0 Å². The predicted octanol–water partition coefficient (Wildman–Crippen LogP) is 3.04. The van der Waals surface area contributed by atoms with Gasteiger partial charge in [-0.05, 0) is 36.2 Å². The number of hydrogen-bond donors (Lipinski definition) is 1. The fraction of sp³-hybridized carbons (Fsp3) is 0.375. The van der Waals surface area contributed by atoms with Gasteiger partial charge in [-0.25, -0.2) is 17.6 Å². The molecule has 0 radical (unpaired) electrons. The Balaban J connectivity index is 2.14. The van der Waals surface area contributed by atoms with E-state index in [0.29, 0.717) is 0 Å². The van der Waals surface area contributed by atoms with Crippen molar-refractivity contribution in [2.24, 2.45) is 5.92 Å². The number of nitrogens with zero attached hydrogens (tertiary/aromatic N) is 1. The van der Waals surface area contributed by atoms with Gasteiger partial charge in [0.05, 0.1) is 10.5 Å². The van der Waals surface area contributed by atoms with Crippen molar-refractivity contribution in [1.29, 1.82) is 0 Å². The summed E-state index contributed by atoms with van der Waals surface area (Å²) < 4.78 is 45.6. The summed E-state index contributed by atoms with van der Waals surface area (Å²) >= 11 is 0. The Labute approximate surface area is 199 Å². The number of hydrogen-bond acceptors (Lipinski definition) is 6. The molecule has 1 amide bonds. The monoisotopic (exact) mass is 492 g/mol. The normalized spacial score (nSPS) is 12.4. The van der Waals surface area contributed by atoms with Gasteiger partial charge in [0.1, 0.15) is 11.9 Å². The van der Waals surface area contributed by atoms with Crippen LogP contribution in [0.15, 0.2) is 53.4 Å². The summed E-state index contributed by atoms with van der Waals surface area (Å²) in [5.74, 6) is -3.37. The van der Waals surface area contributed by atoms with Gasteiger partial charge in [0.15, 0.2) is 6.61 Å².